The Labute approximate surface area is 95.8 Å². The third kappa shape index (κ3) is 2.68. The Morgan fingerprint density at radius 2 is 2.31 bits per heavy atom. The lowest BCUT2D eigenvalue weighted by atomic mass is 9.98. The molecule has 3 nitrogen and oxygen atoms in total. The fraction of sp³-hybridized carbons (Fsp3) is 0.462. The van der Waals surface area contributed by atoms with Crippen molar-refractivity contribution in [3.63, 3.8) is 0 Å². The van der Waals surface area contributed by atoms with E-state index in [2.05, 4.69) is 11.4 Å². The molecule has 1 saturated heterocycles. The lowest BCUT2D eigenvalue weighted by molar-refractivity contribution is -0.116. The summed E-state index contributed by atoms with van der Waals surface area (Å²) < 4.78 is 5.71. The lowest BCUT2D eigenvalue weighted by Gasteiger charge is -2.25. The van der Waals surface area contributed by atoms with E-state index in [-0.39, 0.29) is 11.9 Å². The Morgan fingerprint density at radius 1 is 1.50 bits per heavy atom. The first-order chi connectivity index (χ1) is 7.77. The van der Waals surface area contributed by atoms with Crippen molar-refractivity contribution in [1.82, 2.24) is 5.32 Å². The molecule has 0 spiro atoms. The van der Waals surface area contributed by atoms with Gasteiger partial charge in [-0.1, -0.05) is 24.3 Å². The van der Waals surface area contributed by atoms with Gasteiger partial charge in [0.05, 0.1) is 12.7 Å². The van der Waals surface area contributed by atoms with Gasteiger partial charge in [0.25, 0.3) is 0 Å². The molecule has 1 unspecified atom stereocenters. The van der Waals surface area contributed by atoms with E-state index in [1.165, 1.54) is 0 Å². The highest BCUT2D eigenvalue weighted by atomic mass is 16.5. The van der Waals surface area contributed by atoms with Gasteiger partial charge in [0, 0.05) is 19.5 Å². The summed E-state index contributed by atoms with van der Waals surface area (Å²) in [6.45, 7) is 4.09. The van der Waals surface area contributed by atoms with Crippen LogP contribution in [-0.2, 0) is 16.0 Å². The van der Waals surface area contributed by atoms with Crippen LogP contribution in [0.1, 0.15) is 24.2 Å². The second kappa shape index (κ2) is 5.23. The van der Waals surface area contributed by atoms with Crippen LogP contribution >= 0.6 is 0 Å². The van der Waals surface area contributed by atoms with Gasteiger partial charge in [0.2, 0.25) is 0 Å². The summed E-state index contributed by atoms with van der Waals surface area (Å²) in [7, 11) is 0. The van der Waals surface area contributed by atoms with Crippen molar-refractivity contribution in [2.45, 2.75) is 19.4 Å². The number of morpholine rings is 1. The summed E-state index contributed by atoms with van der Waals surface area (Å²) in [5.41, 5.74) is 2.23. The predicted octanol–water partition coefficient (Wildman–Crippen LogP) is 1.48. The molecule has 1 aromatic rings. The van der Waals surface area contributed by atoms with Crippen LogP contribution in [0.15, 0.2) is 24.3 Å². The third-order valence-electron chi connectivity index (χ3n) is 2.77. The SMILES string of the molecule is CC(=O)Cc1ccccc1C1CNCCO1. The number of nitrogens with one attached hydrogen (secondary N) is 1. The van der Waals surface area contributed by atoms with Gasteiger partial charge in [-0.05, 0) is 18.1 Å². The lowest BCUT2D eigenvalue weighted by Crippen LogP contribution is -2.33. The predicted molar refractivity (Wildman–Crippen MR) is 62.4 cm³/mol. The smallest absolute Gasteiger partial charge is 0.134 e. The van der Waals surface area contributed by atoms with E-state index in [1.54, 1.807) is 6.92 Å². The van der Waals surface area contributed by atoms with Crippen LogP contribution in [-0.4, -0.2) is 25.5 Å². The first-order valence-electron chi connectivity index (χ1n) is 5.67. The van der Waals surface area contributed by atoms with Gasteiger partial charge in [-0.15, -0.1) is 0 Å². The van der Waals surface area contributed by atoms with E-state index in [1.807, 2.05) is 18.2 Å². The number of carbonyl (C=O) groups is 1. The van der Waals surface area contributed by atoms with Crippen molar-refractivity contribution in [3.8, 4) is 0 Å². The van der Waals surface area contributed by atoms with Gasteiger partial charge in [-0.25, -0.2) is 0 Å². The minimum absolute atomic E-state index is 0.0873. The van der Waals surface area contributed by atoms with Gasteiger partial charge in [-0.2, -0.15) is 0 Å². The van der Waals surface area contributed by atoms with Crippen molar-refractivity contribution in [3.05, 3.63) is 35.4 Å². The average molecular weight is 219 g/mol. The monoisotopic (exact) mass is 219 g/mol. The van der Waals surface area contributed by atoms with E-state index in [0.29, 0.717) is 6.42 Å². The fourth-order valence-corrected chi connectivity index (χ4v) is 2.04. The van der Waals surface area contributed by atoms with E-state index in [0.717, 1.165) is 30.8 Å². The molecule has 1 atom stereocenters. The van der Waals surface area contributed by atoms with E-state index >= 15 is 0 Å². The average Bonchev–Trinajstić information content (AvgIpc) is 2.30. The van der Waals surface area contributed by atoms with E-state index in [9.17, 15) is 4.79 Å². The Hall–Kier alpha value is -1.19. The van der Waals surface area contributed by atoms with Crippen LogP contribution in [0.5, 0.6) is 0 Å². The Bertz CT molecular complexity index is 370. The van der Waals surface area contributed by atoms with E-state index in [4.69, 9.17) is 4.74 Å². The van der Waals surface area contributed by atoms with Gasteiger partial charge in [-0.3, -0.25) is 4.79 Å². The van der Waals surface area contributed by atoms with Crippen LogP contribution in [0, 0.1) is 0 Å². The maximum atomic E-state index is 11.2. The maximum Gasteiger partial charge on any atom is 0.134 e. The zero-order valence-electron chi connectivity index (χ0n) is 9.53. The zero-order chi connectivity index (χ0) is 11.4. The largest absolute Gasteiger partial charge is 0.371 e. The molecule has 1 heterocycles. The van der Waals surface area contributed by atoms with Gasteiger partial charge in [0.15, 0.2) is 0 Å². The van der Waals surface area contributed by atoms with Crippen molar-refractivity contribution in [2.24, 2.45) is 0 Å². The van der Waals surface area contributed by atoms with Gasteiger partial charge >= 0.3 is 0 Å². The number of hydrogen-bond donors (Lipinski definition) is 1. The Morgan fingerprint density at radius 3 is 3.00 bits per heavy atom. The fourth-order valence-electron chi connectivity index (χ4n) is 2.04. The molecule has 1 aliphatic rings. The molecule has 1 aromatic carbocycles. The minimum Gasteiger partial charge on any atom is -0.371 e. The summed E-state index contributed by atoms with van der Waals surface area (Å²) in [6.07, 6.45) is 0.583. The number of rotatable bonds is 3. The number of benzene rings is 1. The molecule has 0 amide bonds. The number of ether oxygens (including phenoxy) is 1. The normalized spacial score (nSPS) is 20.7. The van der Waals surface area contributed by atoms with Crippen LogP contribution in [0.4, 0.5) is 0 Å². The molecule has 0 radical (unpaired) electrons. The van der Waals surface area contributed by atoms with Crippen molar-refractivity contribution in [2.75, 3.05) is 19.7 Å². The third-order valence-corrected chi connectivity index (χ3v) is 2.77. The standard InChI is InChI=1S/C13H17NO2/c1-10(15)8-11-4-2-3-5-12(11)13-9-14-6-7-16-13/h2-5,13-14H,6-9H2,1H3. The van der Waals surface area contributed by atoms with Crippen LogP contribution < -0.4 is 5.32 Å². The second-order valence-corrected chi connectivity index (χ2v) is 4.14. The molecular weight excluding hydrogens is 202 g/mol. The Balaban J connectivity index is 2.20. The van der Waals surface area contributed by atoms with Crippen LogP contribution in [0.25, 0.3) is 0 Å². The topological polar surface area (TPSA) is 38.3 Å². The number of ketones is 1. The molecular formula is C13H17NO2. The molecule has 3 heteroatoms. The highest BCUT2D eigenvalue weighted by Crippen LogP contribution is 2.23. The molecule has 1 N–H and O–H groups in total. The zero-order valence-corrected chi connectivity index (χ0v) is 9.53. The van der Waals surface area contributed by atoms with Crippen LogP contribution in [0.2, 0.25) is 0 Å². The summed E-state index contributed by atoms with van der Waals surface area (Å²) >= 11 is 0. The molecule has 2 rings (SSSR count). The molecule has 86 valence electrons. The second-order valence-electron chi connectivity index (χ2n) is 4.14. The molecule has 0 saturated carbocycles. The van der Waals surface area contributed by atoms with Crippen LogP contribution in [0.3, 0.4) is 0 Å². The summed E-state index contributed by atoms with van der Waals surface area (Å²) in [4.78, 5) is 11.2. The highest BCUT2D eigenvalue weighted by Gasteiger charge is 2.18. The van der Waals surface area contributed by atoms with Gasteiger partial charge < -0.3 is 10.1 Å². The number of carbonyl (C=O) groups excluding carboxylic acids is 1. The summed E-state index contributed by atoms with van der Waals surface area (Å²) in [5, 5.41) is 3.30. The number of hydrogen-bond acceptors (Lipinski definition) is 3. The summed E-state index contributed by atoms with van der Waals surface area (Å²) in [5.74, 6) is 0.191. The Kier molecular flexibility index (Phi) is 3.70. The minimum atomic E-state index is 0.0873. The quantitative estimate of drug-likeness (QED) is 0.836. The number of Topliss-reactive ketones (excluding diaryl/α,β-unsaturated/α-hetero) is 1. The van der Waals surface area contributed by atoms with Gasteiger partial charge in [0.1, 0.15) is 5.78 Å². The molecule has 16 heavy (non-hydrogen) atoms. The van der Waals surface area contributed by atoms with Crippen molar-refractivity contribution < 1.29 is 9.53 Å². The molecule has 1 aliphatic heterocycles. The highest BCUT2D eigenvalue weighted by molar-refractivity contribution is 5.78. The molecule has 0 bridgehead atoms. The van der Waals surface area contributed by atoms with Crippen molar-refractivity contribution >= 4 is 5.78 Å². The first kappa shape index (κ1) is 11.3. The molecule has 1 fully saturated rings. The maximum absolute atomic E-state index is 11.2. The van der Waals surface area contributed by atoms with Crippen molar-refractivity contribution in [1.29, 1.82) is 0 Å². The molecule has 0 aliphatic carbocycles. The first-order valence-corrected chi connectivity index (χ1v) is 5.67. The van der Waals surface area contributed by atoms with E-state index < -0.39 is 0 Å². The summed E-state index contributed by atoms with van der Waals surface area (Å²) in [6, 6.07) is 8.03. The molecule has 0 aromatic heterocycles.